The largest absolute Gasteiger partial charge is 0.465 e. The highest BCUT2D eigenvalue weighted by atomic mass is 32.1. The average molecular weight is 234 g/mol. The van der Waals surface area contributed by atoms with Crippen molar-refractivity contribution in [1.29, 1.82) is 0 Å². The van der Waals surface area contributed by atoms with Gasteiger partial charge in [-0.1, -0.05) is 0 Å². The summed E-state index contributed by atoms with van der Waals surface area (Å²) in [7, 11) is 0. The third-order valence-corrected chi connectivity index (χ3v) is 2.62. The highest BCUT2D eigenvalue weighted by Crippen LogP contribution is 2.16. The van der Waals surface area contributed by atoms with Crippen LogP contribution >= 0.6 is 11.3 Å². The van der Waals surface area contributed by atoms with Gasteiger partial charge in [0.25, 0.3) is 0 Å². The number of anilines is 1. The number of rotatable bonds is 3. The first kappa shape index (κ1) is 10.6. The number of amides is 1. The standard InChI is InChI=1S/C11H10N2O2S/c1-8-7-12-11(16-8)13-10(14)5-4-9-3-2-6-15-9/h2-7H,1H3,(H,12,13,14)/b5-4+. The Labute approximate surface area is 96.6 Å². The van der Waals surface area contributed by atoms with Crippen LogP contribution in [0, 0.1) is 6.92 Å². The Hall–Kier alpha value is -1.88. The number of aromatic nitrogens is 1. The van der Waals surface area contributed by atoms with Crippen LogP contribution in [0.15, 0.2) is 35.1 Å². The fourth-order valence-electron chi connectivity index (χ4n) is 1.10. The maximum absolute atomic E-state index is 11.4. The number of nitrogens with one attached hydrogen (secondary N) is 1. The van der Waals surface area contributed by atoms with Gasteiger partial charge in [0.05, 0.1) is 6.26 Å². The topological polar surface area (TPSA) is 55.1 Å². The molecule has 2 aromatic rings. The summed E-state index contributed by atoms with van der Waals surface area (Å²) in [6.07, 6.45) is 6.30. The molecule has 2 rings (SSSR count). The maximum Gasteiger partial charge on any atom is 0.250 e. The summed E-state index contributed by atoms with van der Waals surface area (Å²) >= 11 is 1.44. The summed E-state index contributed by atoms with van der Waals surface area (Å²) in [6, 6.07) is 3.54. The van der Waals surface area contributed by atoms with Gasteiger partial charge in [0.15, 0.2) is 5.13 Å². The fraction of sp³-hybridized carbons (Fsp3) is 0.0909. The number of aryl methyl sites for hydroxylation is 1. The summed E-state index contributed by atoms with van der Waals surface area (Å²) in [6.45, 7) is 1.94. The zero-order valence-electron chi connectivity index (χ0n) is 8.64. The van der Waals surface area contributed by atoms with E-state index in [0.717, 1.165) is 4.88 Å². The van der Waals surface area contributed by atoms with Gasteiger partial charge in [-0.15, -0.1) is 11.3 Å². The summed E-state index contributed by atoms with van der Waals surface area (Å²) in [5.41, 5.74) is 0. The first-order valence-corrected chi connectivity index (χ1v) is 5.51. The lowest BCUT2D eigenvalue weighted by Crippen LogP contribution is -2.06. The molecule has 0 saturated carbocycles. The summed E-state index contributed by atoms with van der Waals surface area (Å²) in [5, 5.41) is 3.27. The van der Waals surface area contributed by atoms with Gasteiger partial charge >= 0.3 is 0 Å². The summed E-state index contributed by atoms with van der Waals surface area (Å²) in [5.74, 6) is 0.427. The zero-order chi connectivity index (χ0) is 11.4. The van der Waals surface area contributed by atoms with E-state index in [0.29, 0.717) is 10.9 Å². The van der Waals surface area contributed by atoms with Gasteiger partial charge in [0.1, 0.15) is 5.76 Å². The molecular formula is C11H10N2O2S. The molecule has 82 valence electrons. The molecule has 1 N–H and O–H groups in total. The van der Waals surface area contributed by atoms with Crippen LogP contribution in [0.4, 0.5) is 5.13 Å². The van der Waals surface area contributed by atoms with Gasteiger partial charge in [-0.2, -0.15) is 0 Å². The minimum atomic E-state index is -0.217. The lowest BCUT2D eigenvalue weighted by atomic mass is 10.4. The van der Waals surface area contributed by atoms with Crippen LogP contribution in [0.3, 0.4) is 0 Å². The number of hydrogen-bond donors (Lipinski definition) is 1. The van der Waals surface area contributed by atoms with Gasteiger partial charge in [-0.05, 0) is 25.1 Å². The molecular weight excluding hydrogens is 224 g/mol. The van der Waals surface area contributed by atoms with Crippen molar-refractivity contribution in [3.63, 3.8) is 0 Å². The van der Waals surface area contributed by atoms with Crippen molar-refractivity contribution in [1.82, 2.24) is 4.98 Å². The summed E-state index contributed by atoms with van der Waals surface area (Å²) < 4.78 is 5.06. The smallest absolute Gasteiger partial charge is 0.250 e. The van der Waals surface area contributed by atoms with Crippen LogP contribution in [0.25, 0.3) is 6.08 Å². The van der Waals surface area contributed by atoms with Crippen molar-refractivity contribution < 1.29 is 9.21 Å². The Balaban J connectivity index is 1.94. The van der Waals surface area contributed by atoms with Crippen molar-refractivity contribution in [3.05, 3.63) is 41.3 Å². The van der Waals surface area contributed by atoms with Crippen LogP contribution < -0.4 is 5.32 Å². The molecule has 16 heavy (non-hydrogen) atoms. The van der Waals surface area contributed by atoms with E-state index < -0.39 is 0 Å². The van der Waals surface area contributed by atoms with Crippen LogP contribution in [0.5, 0.6) is 0 Å². The Kier molecular flexibility index (Phi) is 3.16. The second-order valence-corrected chi connectivity index (χ2v) is 4.35. The highest BCUT2D eigenvalue weighted by Gasteiger charge is 2.01. The minimum absolute atomic E-state index is 0.217. The number of carbonyl (C=O) groups is 1. The van der Waals surface area contributed by atoms with Crippen LogP contribution in [0.1, 0.15) is 10.6 Å². The predicted octanol–water partition coefficient (Wildman–Crippen LogP) is 2.70. The van der Waals surface area contributed by atoms with E-state index in [1.54, 1.807) is 30.7 Å². The molecule has 0 aromatic carbocycles. The third-order valence-electron chi connectivity index (χ3n) is 1.79. The lowest BCUT2D eigenvalue weighted by Gasteiger charge is -1.94. The van der Waals surface area contributed by atoms with Crippen molar-refractivity contribution in [2.45, 2.75) is 6.92 Å². The van der Waals surface area contributed by atoms with E-state index in [4.69, 9.17) is 4.42 Å². The second-order valence-electron chi connectivity index (χ2n) is 3.11. The Morgan fingerprint density at radius 3 is 3.12 bits per heavy atom. The third kappa shape index (κ3) is 2.80. The van der Waals surface area contributed by atoms with Gasteiger partial charge in [0.2, 0.25) is 5.91 Å². The average Bonchev–Trinajstić information content (AvgIpc) is 2.87. The molecule has 0 radical (unpaired) electrons. The molecule has 4 nitrogen and oxygen atoms in total. The fourth-order valence-corrected chi connectivity index (χ4v) is 1.77. The number of thiazole rings is 1. The molecule has 0 aliphatic rings. The van der Waals surface area contributed by atoms with E-state index >= 15 is 0 Å². The number of nitrogens with zero attached hydrogens (tertiary/aromatic N) is 1. The van der Waals surface area contributed by atoms with Gasteiger partial charge in [0, 0.05) is 17.2 Å². The molecule has 0 bridgehead atoms. The van der Waals surface area contributed by atoms with Gasteiger partial charge in [-0.25, -0.2) is 4.98 Å². The molecule has 2 aromatic heterocycles. The molecule has 0 saturated heterocycles. The number of furan rings is 1. The predicted molar refractivity (Wildman–Crippen MR) is 63.2 cm³/mol. The molecule has 5 heteroatoms. The number of hydrogen-bond acceptors (Lipinski definition) is 4. The molecule has 1 amide bonds. The summed E-state index contributed by atoms with van der Waals surface area (Å²) in [4.78, 5) is 16.5. The number of carbonyl (C=O) groups excluding carboxylic acids is 1. The van der Waals surface area contributed by atoms with E-state index in [1.807, 2.05) is 6.92 Å². The van der Waals surface area contributed by atoms with Crippen LogP contribution in [-0.4, -0.2) is 10.9 Å². The molecule has 0 aliphatic carbocycles. The zero-order valence-corrected chi connectivity index (χ0v) is 9.45. The van der Waals surface area contributed by atoms with Crippen LogP contribution in [0.2, 0.25) is 0 Å². The Morgan fingerprint density at radius 1 is 1.62 bits per heavy atom. The second kappa shape index (κ2) is 4.76. The SMILES string of the molecule is Cc1cnc(NC(=O)/C=C/c2ccco2)s1. The molecule has 0 atom stereocenters. The van der Waals surface area contributed by atoms with Crippen molar-refractivity contribution in [2.75, 3.05) is 5.32 Å². The minimum Gasteiger partial charge on any atom is -0.465 e. The molecule has 0 aliphatic heterocycles. The van der Waals surface area contributed by atoms with E-state index in [9.17, 15) is 4.79 Å². The van der Waals surface area contributed by atoms with Gasteiger partial charge in [-0.3, -0.25) is 10.1 Å². The van der Waals surface area contributed by atoms with Crippen molar-refractivity contribution in [2.24, 2.45) is 0 Å². The first-order valence-electron chi connectivity index (χ1n) is 4.69. The molecule has 0 unspecified atom stereocenters. The molecule has 0 spiro atoms. The normalized spacial score (nSPS) is 10.8. The first-order chi connectivity index (χ1) is 7.74. The van der Waals surface area contributed by atoms with Crippen molar-refractivity contribution in [3.8, 4) is 0 Å². The Morgan fingerprint density at radius 2 is 2.50 bits per heavy atom. The van der Waals surface area contributed by atoms with E-state index in [1.165, 1.54) is 17.4 Å². The monoisotopic (exact) mass is 234 g/mol. The molecule has 2 heterocycles. The van der Waals surface area contributed by atoms with Crippen LogP contribution in [-0.2, 0) is 4.79 Å². The van der Waals surface area contributed by atoms with E-state index in [-0.39, 0.29) is 5.91 Å². The highest BCUT2D eigenvalue weighted by molar-refractivity contribution is 7.15. The lowest BCUT2D eigenvalue weighted by molar-refractivity contribution is -0.111. The van der Waals surface area contributed by atoms with E-state index in [2.05, 4.69) is 10.3 Å². The van der Waals surface area contributed by atoms with Crippen molar-refractivity contribution >= 4 is 28.5 Å². The quantitative estimate of drug-likeness (QED) is 0.831. The maximum atomic E-state index is 11.4. The Bertz CT molecular complexity index is 500. The molecule has 0 fully saturated rings. The van der Waals surface area contributed by atoms with Gasteiger partial charge < -0.3 is 4.42 Å².